The summed E-state index contributed by atoms with van der Waals surface area (Å²) in [5.74, 6) is 0.731. The van der Waals surface area contributed by atoms with Gasteiger partial charge in [-0.1, -0.05) is 6.92 Å². The van der Waals surface area contributed by atoms with Crippen LogP contribution in [0, 0.1) is 0 Å². The second-order valence-corrected chi connectivity index (χ2v) is 4.39. The highest BCUT2D eigenvalue weighted by Gasteiger charge is 2.18. The van der Waals surface area contributed by atoms with Crippen LogP contribution < -0.4 is 15.4 Å². The molecule has 5 heteroatoms. The number of aliphatic hydroxyl groups is 1. The van der Waals surface area contributed by atoms with E-state index in [4.69, 9.17) is 4.74 Å². The maximum Gasteiger partial charge on any atom is 0.319 e. The number of ether oxygens (including phenoxy) is 1. The van der Waals surface area contributed by atoms with E-state index < -0.39 is 5.60 Å². The molecule has 1 rings (SSSR count). The van der Waals surface area contributed by atoms with Crippen molar-refractivity contribution in [2.75, 3.05) is 19.0 Å². The van der Waals surface area contributed by atoms with Crippen molar-refractivity contribution in [3.8, 4) is 5.75 Å². The monoisotopic (exact) mass is 252 g/mol. The predicted molar refractivity (Wildman–Crippen MR) is 70.9 cm³/mol. The Bertz CT molecular complexity index is 388. The zero-order valence-electron chi connectivity index (χ0n) is 11.0. The Morgan fingerprint density at radius 3 is 2.50 bits per heavy atom. The maximum atomic E-state index is 11.6. The highest BCUT2D eigenvalue weighted by Crippen LogP contribution is 2.14. The lowest BCUT2D eigenvalue weighted by molar-refractivity contribution is 0.0587. The van der Waals surface area contributed by atoms with Gasteiger partial charge in [0.25, 0.3) is 0 Å². The molecule has 18 heavy (non-hydrogen) atoms. The van der Waals surface area contributed by atoms with Crippen LogP contribution in [0.3, 0.4) is 0 Å². The van der Waals surface area contributed by atoms with Crippen molar-refractivity contribution in [2.45, 2.75) is 25.9 Å². The van der Waals surface area contributed by atoms with Gasteiger partial charge in [0.1, 0.15) is 5.75 Å². The molecule has 0 fully saturated rings. The molecule has 0 radical (unpaired) electrons. The summed E-state index contributed by atoms with van der Waals surface area (Å²) in [7, 11) is 1.59. The van der Waals surface area contributed by atoms with Crippen molar-refractivity contribution in [3.05, 3.63) is 24.3 Å². The van der Waals surface area contributed by atoms with Gasteiger partial charge >= 0.3 is 6.03 Å². The fraction of sp³-hybridized carbons (Fsp3) is 0.462. The van der Waals surface area contributed by atoms with Crippen LogP contribution in [0.2, 0.25) is 0 Å². The van der Waals surface area contributed by atoms with Gasteiger partial charge in [-0.2, -0.15) is 0 Å². The van der Waals surface area contributed by atoms with Crippen LogP contribution in [0.5, 0.6) is 5.75 Å². The van der Waals surface area contributed by atoms with Crippen LogP contribution in [-0.2, 0) is 0 Å². The van der Waals surface area contributed by atoms with E-state index in [0.717, 1.165) is 5.75 Å². The molecule has 0 saturated carbocycles. The summed E-state index contributed by atoms with van der Waals surface area (Å²) in [5.41, 5.74) is -0.207. The van der Waals surface area contributed by atoms with Crippen molar-refractivity contribution < 1.29 is 14.6 Å². The largest absolute Gasteiger partial charge is 0.497 e. The Labute approximate surface area is 107 Å². The molecule has 0 aliphatic carbocycles. The molecule has 0 aromatic heterocycles. The van der Waals surface area contributed by atoms with Crippen molar-refractivity contribution >= 4 is 11.7 Å². The third-order valence-electron chi connectivity index (χ3n) is 2.74. The van der Waals surface area contributed by atoms with E-state index in [9.17, 15) is 9.90 Å². The number of anilines is 1. The minimum atomic E-state index is -0.878. The van der Waals surface area contributed by atoms with E-state index in [0.29, 0.717) is 12.1 Å². The molecule has 1 aromatic carbocycles. The van der Waals surface area contributed by atoms with Gasteiger partial charge < -0.3 is 20.5 Å². The molecule has 1 atom stereocenters. The van der Waals surface area contributed by atoms with Crippen LogP contribution in [0.4, 0.5) is 10.5 Å². The first-order valence-electron chi connectivity index (χ1n) is 5.88. The standard InChI is InChI=1S/C13H20N2O3/c1-4-13(2,17)9-14-12(16)15-10-5-7-11(18-3)8-6-10/h5-8,17H,4,9H2,1-3H3,(H2,14,15,16)/t13-/m0/s1. The fourth-order valence-corrected chi connectivity index (χ4v) is 1.25. The van der Waals surface area contributed by atoms with Crippen LogP contribution >= 0.6 is 0 Å². The zero-order valence-corrected chi connectivity index (χ0v) is 11.0. The number of methoxy groups -OCH3 is 1. The SMILES string of the molecule is CC[C@](C)(O)CNC(=O)Nc1ccc(OC)cc1. The summed E-state index contributed by atoms with van der Waals surface area (Å²) in [6.45, 7) is 3.76. The maximum absolute atomic E-state index is 11.6. The molecule has 0 spiro atoms. The summed E-state index contributed by atoms with van der Waals surface area (Å²) < 4.78 is 5.02. The first-order chi connectivity index (χ1) is 8.46. The Hall–Kier alpha value is -1.75. The number of nitrogens with one attached hydrogen (secondary N) is 2. The molecule has 0 heterocycles. The minimum absolute atomic E-state index is 0.214. The van der Waals surface area contributed by atoms with Crippen molar-refractivity contribution in [2.24, 2.45) is 0 Å². The molecule has 1 aromatic rings. The van der Waals surface area contributed by atoms with Crippen molar-refractivity contribution in [1.29, 1.82) is 0 Å². The van der Waals surface area contributed by atoms with Gasteiger partial charge in [0.05, 0.1) is 12.7 Å². The molecule has 0 unspecified atom stereocenters. The molecule has 0 aliphatic rings. The van der Waals surface area contributed by atoms with Gasteiger partial charge in [-0.3, -0.25) is 0 Å². The van der Waals surface area contributed by atoms with Crippen LogP contribution in [-0.4, -0.2) is 30.4 Å². The Morgan fingerprint density at radius 2 is 2.00 bits per heavy atom. The fourth-order valence-electron chi connectivity index (χ4n) is 1.25. The molecule has 2 amide bonds. The third-order valence-corrected chi connectivity index (χ3v) is 2.74. The lowest BCUT2D eigenvalue weighted by Gasteiger charge is -2.21. The minimum Gasteiger partial charge on any atom is -0.497 e. The smallest absolute Gasteiger partial charge is 0.319 e. The van der Waals surface area contributed by atoms with Crippen LogP contribution in [0.25, 0.3) is 0 Å². The predicted octanol–water partition coefficient (Wildman–Crippen LogP) is 1.98. The molecule has 5 nitrogen and oxygen atoms in total. The Kier molecular flexibility index (Phi) is 4.97. The topological polar surface area (TPSA) is 70.6 Å². The third kappa shape index (κ3) is 4.63. The first-order valence-corrected chi connectivity index (χ1v) is 5.88. The average molecular weight is 252 g/mol. The number of hydrogen-bond acceptors (Lipinski definition) is 3. The second kappa shape index (κ2) is 6.26. The average Bonchev–Trinajstić information content (AvgIpc) is 2.37. The molecular formula is C13H20N2O3. The summed E-state index contributed by atoms with van der Waals surface area (Å²) in [5, 5.41) is 15.0. The number of amides is 2. The highest BCUT2D eigenvalue weighted by molar-refractivity contribution is 5.89. The molecule has 100 valence electrons. The highest BCUT2D eigenvalue weighted by atomic mass is 16.5. The van der Waals surface area contributed by atoms with Gasteiger partial charge in [-0.25, -0.2) is 4.79 Å². The van der Waals surface area contributed by atoms with Crippen molar-refractivity contribution in [3.63, 3.8) is 0 Å². The summed E-state index contributed by atoms with van der Waals surface area (Å²) in [6.07, 6.45) is 0.579. The van der Waals surface area contributed by atoms with Gasteiger partial charge in [0, 0.05) is 12.2 Å². The second-order valence-electron chi connectivity index (χ2n) is 4.39. The van der Waals surface area contributed by atoms with E-state index in [1.165, 1.54) is 0 Å². The number of hydrogen-bond donors (Lipinski definition) is 3. The van der Waals surface area contributed by atoms with Crippen molar-refractivity contribution in [1.82, 2.24) is 5.32 Å². The quantitative estimate of drug-likeness (QED) is 0.750. The molecular weight excluding hydrogens is 232 g/mol. The van der Waals surface area contributed by atoms with E-state index in [1.54, 1.807) is 38.3 Å². The number of carbonyl (C=O) groups excluding carboxylic acids is 1. The van der Waals surface area contributed by atoms with Gasteiger partial charge in [-0.05, 0) is 37.6 Å². The molecule has 0 saturated heterocycles. The number of urea groups is 1. The van der Waals surface area contributed by atoms with E-state index >= 15 is 0 Å². The summed E-state index contributed by atoms with van der Waals surface area (Å²) in [4.78, 5) is 11.6. The van der Waals surface area contributed by atoms with Crippen LogP contribution in [0.15, 0.2) is 24.3 Å². The van der Waals surface area contributed by atoms with E-state index in [1.807, 2.05) is 6.92 Å². The summed E-state index contributed by atoms with van der Waals surface area (Å²) >= 11 is 0. The first kappa shape index (κ1) is 14.3. The Morgan fingerprint density at radius 1 is 1.39 bits per heavy atom. The number of benzene rings is 1. The summed E-state index contributed by atoms with van der Waals surface area (Å²) in [6, 6.07) is 6.68. The zero-order chi connectivity index (χ0) is 13.6. The van der Waals surface area contributed by atoms with Gasteiger partial charge in [0.15, 0.2) is 0 Å². The lowest BCUT2D eigenvalue weighted by atomic mass is 10.0. The molecule has 3 N–H and O–H groups in total. The normalized spacial score (nSPS) is 13.6. The lowest BCUT2D eigenvalue weighted by Crippen LogP contribution is -2.41. The van der Waals surface area contributed by atoms with E-state index in [-0.39, 0.29) is 12.6 Å². The molecule has 0 bridgehead atoms. The Balaban J connectivity index is 2.44. The van der Waals surface area contributed by atoms with Crippen LogP contribution in [0.1, 0.15) is 20.3 Å². The molecule has 0 aliphatic heterocycles. The number of rotatable bonds is 5. The van der Waals surface area contributed by atoms with Gasteiger partial charge in [-0.15, -0.1) is 0 Å². The van der Waals surface area contributed by atoms with E-state index in [2.05, 4.69) is 10.6 Å². The number of carbonyl (C=O) groups is 1. The van der Waals surface area contributed by atoms with Gasteiger partial charge in [0.2, 0.25) is 0 Å².